The second-order valence-electron chi connectivity index (χ2n) is 4.39. The van der Waals surface area contributed by atoms with Crippen molar-refractivity contribution in [1.29, 1.82) is 0 Å². The van der Waals surface area contributed by atoms with Crippen molar-refractivity contribution in [3.8, 4) is 0 Å². The maximum atomic E-state index is 13.1. The van der Waals surface area contributed by atoms with Crippen molar-refractivity contribution in [3.63, 3.8) is 0 Å². The summed E-state index contributed by atoms with van der Waals surface area (Å²) in [6.45, 7) is 0.828. The average Bonchev–Trinajstić information content (AvgIpc) is 2.98. The SMILES string of the molecule is Cl.O=C(Nc1nc2cc(F)c(F)cc2s1)C1CCCN1. The van der Waals surface area contributed by atoms with Gasteiger partial charge < -0.3 is 10.6 Å². The van der Waals surface area contributed by atoms with Crippen LogP contribution in [0.25, 0.3) is 10.2 Å². The first-order valence-corrected chi connectivity index (χ1v) is 6.75. The van der Waals surface area contributed by atoms with E-state index in [2.05, 4.69) is 15.6 Å². The van der Waals surface area contributed by atoms with Crippen LogP contribution in [0.1, 0.15) is 12.8 Å². The first-order valence-electron chi connectivity index (χ1n) is 5.93. The third-order valence-corrected chi connectivity index (χ3v) is 3.97. The third-order valence-electron chi connectivity index (χ3n) is 3.04. The zero-order valence-electron chi connectivity index (χ0n) is 10.3. The fraction of sp³-hybridized carbons (Fsp3) is 0.333. The Hall–Kier alpha value is -1.31. The molecule has 4 nitrogen and oxygen atoms in total. The van der Waals surface area contributed by atoms with Crippen LogP contribution in [0.15, 0.2) is 12.1 Å². The number of nitrogens with one attached hydrogen (secondary N) is 2. The van der Waals surface area contributed by atoms with Gasteiger partial charge >= 0.3 is 0 Å². The van der Waals surface area contributed by atoms with Gasteiger partial charge in [-0.1, -0.05) is 11.3 Å². The van der Waals surface area contributed by atoms with Crippen molar-refractivity contribution in [2.75, 3.05) is 11.9 Å². The Morgan fingerprint density at radius 1 is 1.40 bits per heavy atom. The summed E-state index contributed by atoms with van der Waals surface area (Å²) in [6, 6.07) is 1.91. The minimum Gasteiger partial charge on any atom is -0.306 e. The molecule has 3 rings (SSSR count). The van der Waals surface area contributed by atoms with Crippen LogP contribution in [-0.4, -0.2) is 23.5 Å². The summed E-state index contributed by atoms with van der Waals surface area (Å²) in [5.74, 6) is -2.00. The van der Waals surface area contributed by atoms with Crippen LogP contribution < -0.4 is 10.6 Å². The molecule has 1 aromatic carbocycles. The van der Waals surface area contributed by atoms with Gasteiger partial charge in [-0.05, 0) is 25.5 Å². The number of hydrogen-bond donors (Lipinski definition) is 2. The fourth-order valence-corrected chi connectivity index (χ4v) is 2.95. The second-order valence-corrected chi connectivity index (χ2v) is 5.42. The number of nitrogens with zero attached hydrogens (tertiary/aromatic N) is 1. The van der Waals surface area contributed by atoms with Crippen LogP contribution in [0.2, 0.25) is 0 Å². The number of thiazole rings is 1. The van der Waals surface area contributed by atoms with Crippen LogP contribution >= 0.6 is 23.7 Å². The van der Waals surface area contributed by atoms with E-state index in [0.717, 1.165) is 42.9 Å². The van der Waals surface area contributed by atoms with E-state index in [9.17, 15) is 13.6 Å². The number of fused-ring (bicyclic) bond motifs is 1. The zero-order chi connectivity index (χ0) is 13.4. The highest BCUT2D eigenvalue weighted by Gasteiger charge is 2.22. The lowest BCUT2D eigenvalue weighted by Gasteiger charge is -2.08. The molecular formula is C12H12ClF2N3OS. The van der Waals surface area contributed by atoms with Crippen molar-refractivity contribution in [1.82, 2.24) is 10.3 Å². The Bertz CT molecular complexity index is 604. The van der Waals surface area contributed by atoms with E-state index in [1.165, 1.54) is 0 Å². The van der Waals surface area contributed by atoms with E-state index in [1.807, 2.05) is 0 Å². The molecule has 0 radical (unpaired) electrons. The highest BCUT2D eigenvalue weighted by atomic mass is 35.5. The predicted octanol–water partition coefficient (Wildman–Crippen LogP) is 2.69. The molecule has 0 spiro atoms. The molecule has 0 saturated carbocycles. The lowest BCUT2D eigenvalue weighted by molar-refractivity contribution is -0.117. The molecule has 2 aromatic rings. The molecule has 2 heterocycles. The summed E-state index contributed by atoms with van der Waals surface area (Å²) in [4.78, 5) is 15.9. The molecule has 1 aliphatic heterocycles. The smallest absolute Gasteiger partial charge is 0.243 e. The van der Waals surface area contributed by atoms with Crippen LogP contribution in [0.5, 0.6) is 0 Å². The summed E-state index contributed by atoms with van der Waals surface area (Å²) >= 11 is 1.13. The van der Waals surface area contributed by atoms with Gasteiger partial charge in [-0.3, -0.25) is 4.79 Å². The first kappa shape index (κ1) is 15.1. The average molecular weight is 320 g/mol. The van der Waals surface area contributed by atoms with Crippen molar-refractivity contribution in [3.05, 3.63) is 23.8 Å². The van der Waals surface area contributed by atoms with Crippen LogP contribution in [0.3, 0.4) is 0 Å². The number of rotatable bonds is 2. The molecular weight excluding hydrogens is 308 g/mol. The maximum absolute atomic E-state index is 13.1. The van der Waals surface area contributed by atoms with Gasteiger partial charge in [0.15, 0.2) is 16.8 Å². The van der Waals surface area contributed by atoms with Crippen molar-refractivity contribution in [2.24, 2.45) is 0 Å². The van der Waals surface area contributed by atoms with Crippen LogP contribution in [0.4, 0.5) is 13.9 Å². The molecule has 1 unspecified atom stereocenters. The number of anilines is 1. The van der Waals surface area contributed by atoms with Gasteiger partial charge in [-0.15, -0.1) is 12.4 Å². The molecule has 20 heavy (non-hydrogen) atoms. The number of amides is 1. The molecule has 1 saturated heterocycles. The summed E-state index contributed by atoms with van der Waals surface area (Å²) in [6.07, 6.45) is 1.76. The lowest BCUT2D eigenvalue weighted by Crippen LogP contribution is -2.35. The van der Waals surface area contributed by atoms with E-state index < -0.39 is 11.6 Å². The van der Waals surface area contributed by atoms with Gasteiger partial charge in [0.1, 0.15) is 0 Å². The molecule has 0 bridgehead atoms. The van der Waals surface area contributed by atoms with Crippen molar-refractivity contribution >= 4 is 45.0 Å². The Labute approximate surface area is 124 Å². The van der Waals surface area contributed by atoms with Crippen LogP contribution in [-0.2, 0) is 4.79 Å². The lowest BCUT2D eigenvalue weighted by atomic mass is 10.2. The van der Waals surface area contributed by atoms with Crippen LogP contribution in [0, 0.1) is 11.6 Å². The summed E-state index contributed by atoms with van der Waals surface area (Å²) in [5.41, 5.74) is 0.346. The number of halogens is 3. The van der Waals surface area contributed by atoms with Gasteiger partial charge in [0, 0.05) is 6.07 Å². The largest absolute Gasteiger partial charge is 0.306 e. The first-order chi connectivity index (χ1) is 9.13. The zero-order valence-corrected chi connectivity index (χ0v) is 11.9. The minimum atomic E-state index is -0.937. The number of benzene rings is 1. The molecule has 0 aliphatic carbocycles. The molecule has 1 aromatic heterocycles. The Morgan fingerprint density at radius 3 is 2.85 bits per heavy atom. The van der Waals surface area contributed by atoms with Gasteiger partial charge in [-0.2, -0.15) is 0 Å². The summed E-state index contributed by atoms with van der Waals surface area (Å²) in [5, 5.41) is 6.11. The standard InChI is InChI=1S/C12H11F2N3OS.ClH/c13-6-4-9-10(5-7(6)14)19-12(16-9)17-11(18)8-2-1-3-15-8;/h4-5,8,15H,1-3H2,(H,16,17,18);1H. The highest BCUT2D eigenvalue weighted by molar-refractivity contribution is 7.22. The van der Waals surface area contributed by atoms with Crippen molar-refractivity contribution in [2.45, 2.75) is 18.9 Å². The predicted molar refractivity (Wildman–Crippen MR) is 76.4 cm³/mol. The highest BCUT2D eigenvalue weighted by Crippen LogP contribution is 2.28. The number of carbonyl (C=O) groups excluding carboxylic acids is 1. The number of carbonyl (C=O) groups is 1. The maximum Gasteiger partial charge on any atom is 0.243 e. The quantitative estimate of drug-likeness (QED) is 0.895. The van der Waals surface area contributed by atoms with Gasteiger partial charge in [-0.25, -0.2) is 13.8 Å². The van der Waals surface area contributed by atoms with E-state index in [-0.39, 0.29) is 24.4 Å². The fourth-order valence-electron chi connectivity index (χ4n) is 2.08. The molecule has 1 fully saturated rings. The van der Waals surface area contributed by atoms with Crippen molar-refractivity contribution < 1.29 is 13.6 Å². The number of aromatic nitrogens is 1. The molecule has 2 N–H and O–H groups in total. The normalized spacial score (nSPS) is 18.0. The Kier molecular flexibility index (Phi) is 4.52. The Balaban J connectivity index is 0.00000147. The molecule has 108 valence electrons. The number of hydrogen-bond acceptors (Lipinski definition) is 4. The van der Waals surface area contributed by atoms with Gasteiger partial charge in [0.25, 0.3) is 0 Å². The van der Waals surface area contributed by atoms with Gasteiger partial charge in [0.2, 0.25) is 5.91 Å². The molecule has 1 amide bonds. The Morgan fingerprint density at radius 2 is 2.15 bits per heavy atom. The van der Waals surface area contributed by atoms with Gasteiger partial charge in [0.05, 0.1) is 16.3 Å². The summed E-state index contributed by atoms with van der Waals surface area (Å²) in [7, 11) is 0. The molecule has 1 aliphatic rings. The third kappa shape index (κ3) is 2.89. The van der Waals surface area contributed by atoms with E-state index in [0.29, 0.717) is 15.3 Å². The molecule has 8 heteroatoms. The summed E-state index contributed by atoms with van der Waals surface area (Å²) < 4.78 is 26.6. The monoisotopic (exact) mass is 319 g/mol. The van der Waals surface area contributed by atoms with E-state index >= 15 is 0 Å². The minimum absolute atomic E-state index is 0. The molecule has 1 atom stereocenters. The topological polar surface area (TPSA) is 54.0 Å². The van der Waals surface area contributed by atoms with E-state index in [4.69, 9.17) is 0 Å². The van der Waals surface area contributed by atoms with E-state index in [1.54, 1.807) is 0 Å². The second kappa shape index (κ2) is 5.99.